The van der Waals surface area contributed by atoms with Crippen molar-refractivity contribution >= 4 is 15.7 Å². The Bertz CT molecular complexity index is 269. The summed E-state index contributed by atoms with van der Waals surface area (Å²) in [5.74, 6) is 0. The highest BCUT2D eigenvalue weighted by atomic mass is 31.2. The standard InChI is InChI=1S/C7H14BO7P/c1-13-6-5(9)4(15-7(6)8)2-3-14-16(10,11)12/h4-7,9H,2-3H2,1H3,(H2,10,11,12)/t4-,5-,6-,7-/m1/s1. The molecule has 16 heavy (non-hydrogen) atoms. The van der Waals surface area contributed by atoms with Gasteiger partial charge in [-0.2, -0.15) is 0 Å². The van der Waals surface area contributed by atoms with Gasteiger partial charge in [-0.1, -0.05) is 0 Å². The molecule has 1 fully saturated rings. The lowest BCUT2D eigenvalue weighted by atomic mass is 9.92. The maximum absolute atomic E-state index is 10.4. The third-order valence-electron chi connectivity index (χ3n) is 2.31. The number of aliphatic hydroxyl groups excluding tert-OH is 1. The van der Waals surface area contributed by atoms with E-state index in [1.54, 1.807) is 0 Å². The zero-order chi connectivity index (χ0) is 12.3. The minimum absolute atomic E-state index is 0.125. The van der Waals surface area contributed by atoms with Crippen molar-refractivity contribution in [3.05, 3.63) is 0 Å². The van der Waals surface area contributed by atoms with Crippen molar-refractivity contribution < 1.29 is 33.5 Å². The Balaban J connectivity index is 2.37. The first-order valence-electron chi connectivity index (χ1n) is 4.67. The summed E-state index contributed by atoms with van der Waals surface area (Å²) in [6.07, 6.45) is -2.09. The molecular weight excluding hydrogens is 238 g/mol. The first kappa shape index (κ1) is 14.1. The minimum Gasteiger partial charge on any atom is -0.388 e. The van der Waals surface area contributed by atoms with Gasteiger partial charge in [-0.25, -0.2) is 4.57 Å². The fourth-order valence-electron chi connectivity index (χ4n) is 1.57. The summed E-state index contributed by atoms with van der Waals surface area (Å²) < 4.78 is 24.7. The average molecular weight is 252 g/mol. The van der Waals surface area contributed by atoms with Gasteiger partial charge in [0.05, 0.1) is 12.7 Å². The van der Waals surface area contributed by atoms with E-state index in [1.165, 1.54) is 7.11 Å². The molecule has 1 rings (SSSR count). The number of hydrogen-bond acceptors (Lipinski definition) is 5. The molecule has 3 N–H and O–H groups in total. The Morgan fingerprint density at radius 3 is 2.56 bits per heavy atom. The van der Waals surface area contributed by atoms with Gasteiger partial charge in [-0.3, -0.25) is 4.52 Å². The van der Waals surface area contributed by atoms with Crippen LogP contribution < -0.4 is 0 Å². The van der Waals surface area contributed by atoms with Crippen LogP contribution in [0.1, 0.15) is 6.42 Å². The average Bonchev–Trinajstić information content (AvgIpc) is 2.40. The minimum atomic E-state index is -4.48. The summed E-state index contributed by atoms with van der Waals surface area (Å²) in [4.78, 5) is 16.9. The first-order chi connectivity index (χ1) is 7.35. The Morgan fingerprint density at radius 1 is 1.50 bits per heavy atom. The molecule has 92 valence electrons. The SMILES string of the molecule is [B][C@@H]1O[C@H](CCOP(=O)(O)O)[C@@H](O)[C@H]1OC. The van der Waals surface area contributed by atoms with Crippen LogP contribution in [-0.4, -0.2) is 60.8 Å². The van der Waals surface area contributed by atoms with E-state index in [0.717, 1.165) is 0 Å². The van der Waals surface area contributed by atoms with Gasteiger partial charge in [0, 0.05) is 19.5 Å². The Labute approximate surface area is 94.3 Å². The molecule has 1 aliphatic heterocycles. The van der Waals surface area contributed by atoms with Crippen LogP contribution in [0.25, 0.3) is 0 Å². The van der Waals surface area contributed by atoms with Crippen LogP contribution >= 0.6 is 7.82 Å². The zero-order valence-corrected chi connectivity index (χ0v) is 9.62. The van der Waals surface area contributed by atoms with Crippen molar-refractivity contribution in [2.24, 2.45) is 0 Å². The molecule has 9 heteroatoms. The zero-order valence-electron chi connectivity index (χ0n) is 8.72. The van der Waals surface area contributed by atoms with Crippen LogP contribution in [0.3, 0.4) is 0 Å². The molecule has 0 saturated carbocycles. The lowest BCUT2D eigenvalue weighted by Gasteiger charge is -2.16. The van der Waals surface area contributed by atoms with Crippen LogP contribution in [-0.2, 0) is 18.6 Å². The number of phosphoric ester groups is 1. The number of ether oxygens (including phenoxy) is 2. The summed E-state index contributed by atoms with van der Waals surface area (Å²) >= 11 is 0. The molecule has 4 atom stereocenters. The van der Waals surface area contributed by atoms with E-state index in [-0.39, 0.29) is 13.0 Å². The van der Waals surface area contributed by atoms with Crippen molar-refractivity contribution in [3.8, 4) is 0 Å². The lowest BCUT2D eigenvalue weighted by Crippen LogP contribution is -2.34. The Kier molecular flexibility index (Phi) is 4.94. The molecule has 7 nitrogen and oxygen atoms in total. The molecule has 0 aromatic rings. The molecular formula is C7H14BO7P. The van der Waals surface area contributed by atoms with Crippen molar-refractivity contribution in [1.29, 1.82) is 0 Å². The summed E-state index contributed by atoms with van der Waals surface area (Å²) in [6.45, 7) is -0.227. The van der Waals surface area contributed by atoms with E-state index in [1.807, 2.05) is 0 Å². The molecule has 0 amide bonds. The third kappa shape index (κ3) is 3.82. The van der Waals surface area contributed by atoms with Gasteiger partial charge in [0.15, 0.2) is 0 Å². The summed E-state index contributed by atoms with van der Waals surface area (Å²) in [5, 5.41) is 9.67. The van der Waals surface area contributed by atoms with Crippen molar-refractivity contribution in [3.63, 3.8) is 0 Å². The van der Waals surface area contributed by atoms with E-state index in [9.17, 15) is 9.67 Å². The van der Waals surface area contributed by atoms with Crippen LogP contribution in [0, 0.1) is 0 Å². The molecule has 0 aliphatic carbocycles. The van der Waals surface area contributed by atoms with Gasteiger partial charge in [-0.15, -0.1) is 0 Å². The highest BCUT2D eigenvalue weighted by Crippen LogP contribution is 2.36. The van der Waals surface area contributed by atoms with Gasteiger partial charge >= 0.3 is 7.82 Å². The van der Waals surface area contributed by atoms with Crippen LogP contribution in [0.15, 0.2) is 0 Å². The fourth-order valence-corrected chi connectivity index (χ4v) is 1.91. The smallest absolute Gasteiger partial charge is 0.388 e. The number of aliphatic hydroxyl groups is 1. The second-order valence-corrected chi connectivity index (χ2v) is 4.68. The normalized spacial score (nSPS) is 35.5. The van der Waals surface area contributed by atoms with E-state index >= 15 is 0 Å². The molecule has 1 aliphatic rings. The molecule has 1 saturated heterocycles. The molecule has 1 heterocycles. The summed E-state index contributed by atoms with van der Waals surface area (Å²) in [5.41, 5.74) is 0. The van der Waals surface area contributed by atoms with E-state index in [4.69, 9.17) is 27.1 Å². The van der Waals surface area contributed by atoms with Crippen molar-refractivity contribution in [2.75, 3.05) is 13.7 Å². The van der Waals surface area contributed by atoms with E-state index in [0.29, 0.717) is 0 Å². The van der Waals surface area contributed by atoms with Gasteiger partial charge in [0.25, 0.3) is 0 Å². The summed E-state index contributed by atoms with van der Waals surface area (Å²) in [6, 6.07) is -0.750. The number of methoxy groups -OCH3 is 1. The van der Waals surface area contributed by atoms with E-state index in [2.05, 4.69) is 4.52 Å². The van der Waals surface area contributed by atoms with Gasteiger partial charge in [-0.05, 0) is 0 Å². The quantitative estimate of drug-likeness (QED) is 0.415. The van der Waals surface area contributed by atoms with Crippen LogP contribution in [0.2, 0.25) is 0 Å². The molecule has 0 bridgehead atoms. The second-order valence-electron chi connectivity index (χ2n) is 3.44. The monoisotopic (exact) mass is 252 g/mol. The topological polar surface area (TPSA) is 105 Å². The highest BCUT2D eigenvalue weighted by Gasteiger charge is 2.40. The molecule has 0 aromatic heterocycles. The maximum atomic E-state index is 10.4. The van der Waals surface area contributed by atoms with Gasteiger partial charge < -0.3 is 24.4 Å². The molecule has 0 unspecified atom stereocenters. The number of phosphoric acid groups is 1. The fraction of sp³-hybridized carbons (Fsp3) is 1.00. The van der Waals surface area contributed by atoms with Crippen molar-refractivity contribution in [2.45, 2.75) is 30.7 Å². The Morgan fingerprint density at radius 2 is 2.12 bits per heavy atom. The van der Waals surface area contributed by atoms with Gasteiger partial charge in [0.1, 0.15) is 20.1 Å². The molecule has 0 spiro atoms. The molecule has 0 aromatic carbocycles. The second kappa shape index (κ2) is 5.60. The predicted molar refractivity (Wildman–Crippen MR) is 53.8 cm³/mol. The Hall–Kier alpha value is 0.0549. The van der Waals surface area contributed by atoms with Gasteiger partial charge in [0.2, 0.25) is 0 Å². The highest BCUT2D eigenvalue weighted by molar-refractivity contribution is 7.46. The number of hydrogen-bond donors (Lipinski definition) is 3. The van der Waals surface area contributed by atoms with Crippen LogP contribution in [0.4, 0.5) is 0 Å². The molecule has 2 radical (unpaired) electrons. The van der Waals surface area contributed by atoms with E-state index < -0.39 is 32.1 Å². The first-order valence-corrected chi connectivity index (χ1v) is 6.20. The van der Waals surface area contributed by atoms with Crippen LogP contribution in [0.5, 0.6) is 0 Å². The lowest BCUT2D eigenvalue weighted by molar-refractivity contribution is -0.00192. The third-order valence-corrected chi connectivity index (χ3v) is 2.83. The predicted octanol–water partition coefficient (Wildman–Crippen LogP) is -1.24. The maximum Gasteiger partial charge on any atom is 0.469 e. The summed E-state index contributed by atoms with van der Waals surface area (Å²) in [7, 11) is 2.44. The van der Waals surface area contributed by atoms with Crippen molar-refractivity contribution in [1.82, 2.24) is 0 Å². The number of rotatable bonds is 5. The largest absolute Gasteiger partial charge is 0.469 e.